The molecule has 0 aliphatic carbocycles. The van der Waals surface area contributed by atoms with Crippen LogP contribution in [0.2, 0.25) is 0 Å². The van der Waals surface area contributed by atoms with Crippen molar-refractivity contribution in [3.05, 3.63) is 82.7 Å². The summed E-state index contributed by atoms with van der Waals surface area (Å²) in [5, 5.41) is 7.20. The van der Waals surface area contributed by atoms with E-state index in [9.17, 15) is 14.4 Å². The third-order valence-corrected chi connectivity index (χ3v) is 8.69. The Labute approximate surface area is 234 Å². The third-order valence-electron chi connectivity index (χ3n) is 8.69. The lowest BCUT2D eigenvalue weighted by atomic mass is 9.74. The number of ether oxygens (including phenoxy) is 1. The van der Waals surface area contributed by atoms with Gasteiger partial charge in [0.05, 0.1) is 19.3 Å². The molecule has 1 aromatic heterocycles. The Balaban J connectivity index is 1.12. The number of fused-ring (bicyclic) bond motifs is 3. The van der Waals surface area contributed by atoms with Crippen LogP contribution in [0.25, 0.3) is 0 Å². The number of hydrogen-bond donors (Lipinski definition) is 1. The van der Waals surface area contributed by atoms with E-state index in [1.165, 1.54) is 16.7 Å². The smallest absolute Gasteiger partial charge is 0.255 e. The van der Waals surface area contributed by atoms with Crippen LogP contribution in [-0.4, -0.2) is 70.5 Å². The van der Waals surface area contributed by atoms with Gasteiger partial charge in [0, 0.05) is 54.9 Å². The minimum atomic E-state index is -0.667. The van der Waals surface area contributed by atoms with Crippen LogP contribution in [0.5, 0.6) is 5.75 Å². The maximum atomic E-state index is 13.3. The average Bonchev–Trinajstić information content (AvgIpc) is 3.66. The molecule has 3 aromatic rings. The van der Waals surface area contributed by atoms with Crippen molar-refractivity contribution in [2.24, 2.45) is 0 Å². The summed E-state index contributed by atoms with van der Waals surface area (Å²) >= 11 is 0. The zero-order chi connectivity index (χ0) is 27.7. The Hall–Kier alpha value is -3.98. The van der Waals surface area contributed by atoms with Crippen LogP contribution in [-0.2, 0) is 34.6 Å². The number of nitrogens with zero attached hydrogens (tertiary/aromatic N) is 4. The highest BCUT2D eigenvalue weighted by Gasteiger charge is 2.45. The number of carbonyl (C=O) groups is 3. The van der Waals surface area contributed by atoms with E-state index in [2.05, 4.69) is 39.7 Å². The summed E-state index contributed by atoms with van der Waals surface area (Å²) in [5.41, 5.74) is 5.10. The maximum Gasteiger partial charge on any atom is 0.255 e. The molecule has 1 fully saturated rings. The largest absolute Gasteiger partial charge is 0.492 e. The second-order valence-corrected chi connectivity index (χ2v) is 11.2. The first kappa shape index (κ1) is 26.3. The number of amides is 2. The highest BCUT2D eigenvalue weighted by Crippen LogP contribution is 2.48. The molecule has 0 bridgehead atoms. The van der Waals surface area contributed by atoms with Crippen molar-refractivity contribution >= 4 is 18.1 Å². The van der Waals surface area contributed by atoms with Crippen molar-refractivity contribution in [3.63, 3.8) is 0 Å². The van der Waals surface area contributed by atoms with E-state index in [1.807, 2.05) is 35.1 Å². The first-order valence-electron chi connectivity index (χ1n) is 14.0. The number of likely N-dealkylation sites (N-methyl/N-ethyl adjacent to an activating group) is 1. The van der Waals surface area contributed by atoms with Gasteiger partial charge in [-0.2, -0.15) is 5.10 Å². The lowest BCUT2D eigenvalue weighted by Gasteiger charge is -2.38. The van der Waals surface area contributed by atoms with Crippen molar-refractivity contribution < 1.29 is 19.1 Å². The summed E-state index contributed by atoms with van der Waals surface area (Å²) in [6.45, 7) is 4.55. The number of aromatic nitrogens is 2. The first-order chi connectivity index (χ1) is 19.5. The monoisotopic (exact) mass is 541 g/mol. The van der Waals surface area contributed by atoms with Crippen LogP contribution in [0.15, 0.2) is 54.9 Å². The van der Waals surface area contributed by atoms with Gasteiger partial charge in [-0.1, -0.05) is 30.3 Å². The predicted molar refractivity (Wildman–Crippen MR) is 149 cm³/mol. The Bertz CT molecular complexity index is 1410. The third kappa shape index (κ3) is 4.90. The number of piperidine rings is 1. The van der Waals surface area contributed by atoms with Gasteiger partial charge in [-0.05, 0) is 55.6 Å². The minimum absolute atomic E-state index is 0.0630. The van der Waals surface area contributed by atoms with Gasteiger partial charge in [0.2, 0.25) is 5.91 Å². The summed E-state index contributed by atoms with van der Waals surface area (Å²) < 4.78 is 8.18. The molecule has 3 aliphatic heterocycles. The van der Waals surface area contributed by atoms with Gasteiger partial charge in [-0.25, -0.2) is 0 Å². The first-order valence-corrected chi connectivity index (χ1v) is 14.0. The van der Waals surface area contributed by atoms with Crippen molar-refractivity contribution in [1.29, 1.82) is 0 Å². The fourth-order valence-corrected chi connectivity index (χ4v) is 6.42. The summed E-state index contributed by atoms with van der Waals surface area (Å²) in [7, 11) is 1.55. The number of carbonyl (C=O) groups excluding carboxylic acids is 3. The Morgan fingerprint density at radius 1 is 1.15 bits per heavy atom. The molecule has 40 heavy (non-hydrogen) atoms. The number of aldehydes is 1. The molecule has 4 heterocycles. The van der Waals surface area contributed by atoms with Crippen LogP contribution >= 0.6 is 0 Å². The van der Waals surface area contributed by atoms with Gasteiger partial charge in [0.15, 0.2) is 0 Å². The second kappa shape index (κ2) is 10.9. The lowest BCUT2D eigenvalue weighted by Crippen LogP contribution is -2.46. The summed E-state index contributed by atoms with van der Waals surface area (Å²) in [6, 6.07) is 13.7. The molecule has 1 atom stereocenters. The van der Waals surface area contributed by atoms with Crippen molar-refractivity contribution in [1.82, 2.24) is 24.9 Å². The van der Waals surface area contributed by atoms with Gasteiger partial charge in [-0.15, -0.1) is 0 Å². The molecular formula is C31H35N5O4. The van der Waals surface area contributed by atoms with Crippen LogP contribution in [0.4, 0.5) is 0 Å². The molecule has 9 heteroatoms. The van der Waals surface area contributed by atoms with Gasteiger partial charge in [-0.3, -0.25) is 19.2 Å². The number of benzene rings is 2. The number of likely N-dealkylation sites (tertiary alicyclic amines) is 1. The molecule has 3 aliphatic rings. The SMILES string of the molecule is CNC(=O)C(CCC=O)N1Cc2cc3c(cc2C1=O)OCC31CCN(Cc2cnn(Cc3ccccc3)c2)CC1. The standard InChI is InChI=1S/C31H35N5O4/c1-32-29(38)27(8-5-13-37)36-20-24-14-26-28(15-25(24)30(36)39)40-21-31(26)9-11-34(12-10-31)17-23-16-33-35(19-23)18-22-6-3-2-4-7-22/h2-4,6-7,13-16,19,27H,5,8-12,17-18,20-21H2,1H3,(H,32,38). The van der Waals surface area contributed by atoms with Gasteiger partial charge >= 0.3 is 0 Å². The van der Waals surface area contributed by atoms with Crippen LogP contribution in [0.1, 0.15) is 58.3 Å². The predicted octanol–water partition coefficient (Wildman–Crippen LogP) is 2.91. The molecule has 2 aromatic carbocycles. The fourth-order valence-electron chi connectivity index (χ4n) is 6.42. The van der Waals surface area contributed by atoms with Crippen molar-refractivity contribution in [2.75, 3.05) is 26.7 Å². The van der Waals surface area contributed by atoms with Crippen LogP contribution in [0, 0.1) is 0 Å². The van der Waals surface area contributed by atoms with Crippen molar-refractivity contribution in [2.45, 2.75) is 56.8 Å². The molecule has 0 saturated carbocycles. The van der Waals surface area contributed by atoms with Gasteiger partial charge in [0.25, 0.3) is 5.91 Å². The molecule has 1 spiro atoms. The molecule has 1 N–H and O–H groups in total. The number of nitrogens with one attached hydrogen (secondary N) is 1. The quantitative estimate of drug-likeness (QED) is 0.419. The molecule has 2 amide bonds. The Morgan fingerprint density at radius 3 is 2.70 bits per heavy atom. The molecule has 1 unspecified atom stereocenters. The molecule has 1 saturated heterocycles. The number of hydrogen-bond acceptors (Lipinski definition) is 6. The molecule has 208 valence electrons. The Kier molecular flexibility index (Phi) is 7.14. The topological polar surface area (TPSA) is 96.8 Å². The van der Waals surface area contributed by atoms with Gasteiger partial charge < -0.3 is 19.7 Å². The van der Waals surface area contributed by atoms with E-state index in [0.29, 0.717) is 25.1 Å². The van der Waals surface area contributed by atoms with E-state index < -0.39 is 6.04 Å². The lowest BCUT2D eigenvalue weighted by molar-refractivity contribution is -0.125. The highest BCUT2D eigenvalue weighted by molar-refractivity contribution is 6.01. The molecule has 0 radical (unpaired) electrons. The van der Waals surface area contributed by atoms with Crippen LogP contribution in [0.3, 0.4) is 0 Å². The second-order valence-electron chi connectivity index (χ2n) is 11.2. The van der Waals surface area contributed by atoms with Gasteiger partial charge in [0.1, 0.15) is 18.1 Å². The normalized spacial score (nSPS) is 18.3. The molecule has 9 nitrogen and oxygen atoms in total. The zero-order valence-corrected chi connectivity index (χ0v) is 22.8. The molecular weight excluding hydrogens is 506 g/mol. The van der Waals surface area contributed by atoms with E-state index in [-0.39, 0.29) is 23.7 Å². The van der Waals surface area contributed by atoms with Crippen molar-refractivity contribution in [3.8, 4) is 5.75 Å². The average molecular weight is 542 g/mol. The van der Waals surface area contributed by atoms with E-state index in [1.54, 1.807) is 11.9 Å². The molecule has 6 rings (SSSR count). The zero-order valence-electron chi connectivity index (χ0n) is 22.8. The Morgan fingerprint density at radius 2 is 1.95 bits per heavy atom. The van der Waals surface area contributed by atoms with E-state index >= 15 is 0 Å². The fraction of sp³-hybridized carbons (Fsp3) is 0.419. The summed E-state index contributed by atoms with van der Waals surface area (Å²) in [5.74, 6) is 0.361. The minimum Gasteiger partial charge on any atom is -0.492 e. The highest BCUT2D eigenvalue weighted by atomic mass is 16.5. The van der Waals surface area contributed by atoms with Crippen LogP contribution < -0.4 is 10.1 Å². The maximum absolute atomic E-state index is 13.3. The van der Waals surface area contributed by atoms with E-state index in [0.717, 1.165) is 56.6 Å². The number of rotatable bonds is 9. The summed E-state index contributed by atoms with van der Waals surface area (Å²) in [4.78, 5) is 40.9. The summed E-state index contributed by atoms with van der Waals surface area (Å²) in [6.07, 6.45) is 7.39. The van der Waals surface area contributed by atoms with E-state index in [4.69, 9.17) is 4.74 Å².